The number of carbonyl (C=O) groups is 3. The van der Waals surface area contributed by atoms with Gasteiger partial charge in [0, 0.05) is 28.1 Å². The molecule has 2 N–H and O–H groups in total. The quantitative estimate of drug-likeness (QED) is 0.159. The van der Waals surface area contributed by atoms with Crippen molar-refractivity contribution in [2.45, 2.75) is 65.7 Å². The number of nitrogens with zero attached hydrogens (tertiary/aromatic N) is 1. The summed E-state index contributed by atoms with van der Waals surface area (Å²) in [5, 5.41) is 2.05. The third-order valence-electron chi connectivity index (χ3n) is 5.33. The van der Waals surface area contributed by atoms with Gasteiger partial charge in [-0.2, -0.15) is 0 Å². The van der Waals surface area contributed by atoms with Gasteiger partial charge < -0.3 is 4.74 Å². The van der Waals surface area contributed by atoms with E-state index in [9.17, 15) is 14.4 Å². The van der Waals surface area contributed by atoms with Crippen molar-refractivity contribution in [1.82, 2.24) is 10.9 Å². The van der Waals surface area contributed by atoms with E-state index in [2.05, 4.69) is 48.8 Å². The summed E-state index contributed by atoms with van der Waals surface area (Å²) in [6.07, 6.45) is 3.15. The van der Waals surface area contributed by atoms with Crippen LogP contribution in [0.1, 0.15) is 81.4 Å². The second kappa shape index (κ2) is 22.2. The fourth-order valence-electron chi connectivity index (χ4n) is 3.52. The molecule has 2 amide bonds. The molecule has 0 radical (unpaired) electrons. The van der Waals surface area contributed by atoms with Gasteiger partial charge in [0.15, 0.2) is 0 Å². The van der Waals surface area contributed by atoms with Gasteiger partial charge in [-0.05, 0) is 43.0 Å². The van der Waals surface area contributed by atoms with Crippen molar-refractivity contribution in [2.24, 2.45) is 4.99 Å². The van der Waals surface area contributed by atoms with Gasteiger partial charge >= 0.3 is 5.97 Å². The Bertz CT molecular complexity index is 1380. The Morgan fingerprint density at radius 1 is 0.864 bits per heavy atom. The fraction of sp³-hybridized carbons (Fsp3) is 0.278. The van der Waals surface area contributed by atoms with E-state index in [4.69, 9.17) is 9.73 Å². The topological polar surface area (TPSA) is 96.9 Å². The number of aliphatic imine (C=N–C) groups is 1. The van der Waals surface area contributed by atoms with E-state index in [0.29, 0.717) is 12.2 Å². The summed E-state index contributed by atoms with van der Waals surface area (Å²) >= 11 is 1.68. The summed E-state index contributed by atoms with van der Waals surface area (Å²) in [5.74, 6) is -0.825. The van der Waals surface area contributed by atoms with Crippen LogP contribution >= 0.6 is 11.8 Å². The number of carbonyl (C=O) groups excluding carboxylic acids is 3. The van der Waals surface area contributed by atoms with Crippen LogP contribution in [0.15, 0.2) is 113 Å². The Morgan fingerprint density at radius 3 is 2.07 bits per heavy atom. The minimum Gasteiger partial charge on any atom is -0.462 e. The van der Waals surface area contributed by atoms with Gasteiger partial charge in [-0.25, -0.2) is 4.79 Å². The van der Waals surface area contributed by atoms with Crippen LogP contribution in [-0.4, -0.2) is 30.1 Å². The van der Waals surface area contributed by atoms with Crippen LogP contribution in [0, 0.1) is 0 Å². The highest BCUT2D eigenvalue weighted by Gasteiger charge is 2.15. The van der Waals surface area contributed by atoms with Crippen LogP contribution < -0.4 is 10.9 Å². The Hall–Kier alpha value is -4.43. The zero-order valence-electron chi connectivity index (χ0n) is 26.7. The summed E-state index contributed by atoms with van der Waals surface area (Å²) in [6, 6.07) is 24.9. The SMILES string of the molecule is C=CCC(=O)NNC(=O)Cc1ccccc1.CC.CCC.CCOC(=O)c1ccc(C2=NC(C)=CSc3ccccc32)cc1. The average molecular weight is 616 g/mol. The molecule has 1 aliphatic rings. The van der Waals surface area contributed by atoms with Crippen LogP contribution in [0.5, 0.6) is 0 Å². The molecule has 0 unspecified atom stereocenters. The highest BCUT2D eigenvalue weighted by Crippen LogP contribution is 2.30. The summed E-state index contributed by atoms with van der Waals surface area (Å²) in [7, 11) is 0. The lowest BCUT2D eigenvalue weighted by Crippen LogP contribution is -2.42. The number of nitrogens with one attached hydrogen (secondary N) is 2. The predicted molar refractivity (Wildman–Crippen MR) is 183 cm³/mol. The van der Waals surface area contributed by atoms with Crippen molar-refractivity contribution in [2.75, 3.05) is 6.61 Å². The highest BCUT2D eigenvalue weighted by atomic mass is 32.2. The van der Waals surface area contributed by atoms with Crippen molar-refractivity contribution >= 4 is 35.3 Å². The first-order chi connectivity index (χ1) is 21.3. The lowest BCUT2D eigenvalue weighted by Gasteiger charge is -2.10. The number of amides is 2. The van der Waals surface area contributed by atoms with E-state index in [1.165, 1.54) is 17.4 Å². The number of allylic oxidation sites excluding steroid dienone is 1. The number of hydrazine groups is 1. The molecule has 1 aliphatic heterocycles. The third kappa shape index (κ3) is 13.7. The van der Waals surface area contributed by atoms with Crippen LogP contribution in [-0.2, 0) is 20.7 Å². The summed E-state index contributed by atoms with van der Waals surface area (Å²) in [5.41, 5.74) is 10.1. The number of esters is 1. The first kappa shape index (κ1) is 37.6. The number of rotatable bonds is 7. The number of hydrogen-bond donors (Lipinski definition) is 2. The van der Waals surface area contributed by atoms with E-state index in [-0.39, 0.29) is 30.6 Å². The summed E-state index contributed by atoms with van der Waals surface area (Å²) < 4.78 is 5.02. The number of ether oxygens (including phenoxy) is 1. The predicted octanol–water partition coefficient (Wildman–Crippen LogP) is 8.06. The van der Waals surface area contributed by atoms with Crippen LogP contribution in [0.2, 0.25) is 0 Å². The van der Waals surface area contributed by atoms with Crippen LogP contribution in [0.4, 0.5) is 0 Å². The Balaban J connectivity index is 0.000000404. The van der Waals surface area contributed by atoms with Gasteiger partial charge in [0.2, 0.25) is 11.8 Å². The summed E-state index contributed by atoms with van der Waals surface area (Å²) in [6.45, 7) is 15.8. The second-order valence-electron chi connectivity index (χ2n) is 9.09. The van der Waals surface area contributed by atoms with E-state index >= 15 is 0 Å². The van der Waals surface area contributed by atoms with E-state index in [1.807, 2.05) is 75.4 Å². The standard InChI is InChI=1S/C19H17NO2S.C12H14N2O2.C3H8.C2H6/c1-3-22-19(21)15-10-8-14(9-11-15)18-16-6-4-5-7-17(16)23-12-13(2)20-18;1-2-6-11(15)13-14-12(16)9-10-7-4-3-5-8-10;1-3-2;1-2/h4-12H,3H2,1-2H3;2-5,7-8H,1,6,9H2,(H,13,15)(H,14,16);3H2,1-2H3;1-2H3. The van der Waals surface area contributed by atoms with Crippen molar-refractivity contribution in [1.29, 1.82) is 0 Å². The Kier molecular flexibility index (Phi) is 18.9. The zero-order valence-corrected chi connectivity index (χ0v) is 27.5. The molecule has 0 spiro atoms. The van der Waals surface area contributed by atoms with Gasteiger partial charge in [0.1, 0.15) is 0 Å². The van der Waals surface area contributed by atoms with Crippen molar-refractivity contribution < 1.29 is 19.1 Å². The number of thioether (sulfide) groups is 1. The summed E-state index contributed by atoms with van der Waals surface area (Å²) in [4.78, 5) is 40.1. The van der Waals surface area contributed by atoms with Crippen molar-refractivity contribution in [3.63, 3.8) is 0 Å². The highest BCUT2D eigenvalue weighted by molar-refractivity contribution is 8.02. The molecular formula is C36H45N3O4S. The van der Waals surface area contributed by atoms with Gasteiger partial charge in [0.25, 0.3) is 0 Å². The monoisotopic (exact) mass is 615 g/mol. The zero-order chi connectivity index (χ0) is 32.7. The lowest BCUT2D eigenvalue weighted by molar-refractivity contribution is -0.128. The van der Waals surface area contributed by atoms with Crippen LogP contribution in [0.25, 0.3) is 0 Å². The van der Waals surface area contributed by atoms with E-state index in [1.54, 1.807) is 30.8 Å². The van der Waals surface area contributed by atoms with Gasteiger partial charge in [-0.3, -0.25) is 25.4 Å². The van der Waals surface area contributed by atoms with Gasteiger partial charge in [0.05, 0.1) is 24.3 Å². The molecule has 0 bridgehead atoms. The first-order valence-corrected chi connectivity index (χ1v) is 15.7. The second-order valence-corrected chi connectivity index (χ2v) is 10.0. The average Bonchev–Trinajstić information content (AvgIpc) is 3.21. The molecule has 234 valence electrons. The van der Waals surface area contributed by atoms with E-state index < -0.39 is 0 Å². The lowest BCUT2D eigenvalue weighted by atomic mass is 10.0. The maximum absolute atomic E-state index is 11.8. The Morgan fingerprint density at radius 2 is 1.45 bits per heavy atom. The molecular weight excluding hydrogens is 570 g/mol. The van der Waals surface area contributed by atoms with Crippen LogP contribution in [0.3, 0.4) is 0 Å². The minimum atomic E-state index is -0.297. The molecule has 7 nitrogen and oxygen atoms in total. The molecule has 0 atom stereocenters. The molecule has 44 heavy (non-hydrogen) atoms. The molecule has 3 aromatic carbocycles. The third-order valence-corrected chi connectivity index (χ3v) is 6.40. The van der Waals surface area contributed by atoms with Gasteiger partial charge in [-0.1, -0.05) is 113 Å². The van der Waals surface area contributed by atoms with Gasteiger partial charge in [-0.15, -0.1) is 6.58 Å². The number of hydrogen-bond acceptors (Lipinski definition) is 6. The molecule has 0 aliphatic carbocycles. The molecule has 3 aromatic rings. The smallest absolute Gasteiger partial charge is 0.338 e. The number of fused-ring (bicyclic) bond motifs is 1. The molecule has 1 heterocycles. The van der Waals surface area contributed by atoms with Crippen molar-refractivity contribution in [3.05, 3.63) is 125 Å². The first-order valence-electron chi connectivity index (χ1n) is 14.8. The van der Waals surface area contributed by atoms with E-state index in [0.717, 1.165) is 28.1 Å². The Labute approximate surface area is 266 Å². The molecule has 0 aromatic heterocycles. The molecule has 0 saturated heterocycles. The fourth-order valence-corrected chi connectivity index (χ4v) is 4.32. The molecule has 8 heteroatoms. The molecule has 0 fully saturated rings. The molecule has 0 saturated carbocycles. The number of benzene rings is 3. The van der Waals surface area contributed by atoms with Crippen molar-refractivity contribution in [3.8, 4) is 0 Å². The normalized spacial score (nSPS) is 11.0. The maximum atomic E-state index is 11.8. The minimum absolute atomic E-state index is 0.186. The largest absolute Gasteiger partial charge is 0.462 e. The maximum Gasteiger partial charge on any atom is 0.338 e. The molecule has 4 rings (SSSR count).